The van der Waals surface area contributed by atoms with E-state index < -0.39 is 5.97 Å². The molecule has 78 valence electrons. The second-order valence-corrected chi connectivity index (χ2v) is 3.40. The molecule has 3 heteroatoms. The summed E-state index contributed by atoms with van der Waals surface area (Å²) >= 11 is 0. The Hall–Kier alpha value is -0.570. The smallest absolute Gasteiger partial charge is 0.0758 e. The molecule has 13 heavy (non-hydrogen) atoms. The Morgan fingerprint density at radius 1 is 1.15 bits per heavy atom. The van der Waals surface area contributed by atoms with Crippen LogP contribution in [0.2, 0.25) is 0 Å². The van der Waals surface area contributed by atoms with Gasteiger partial charge in [0.2, 0.25) is 0 Å². The number of nitrogens with two attached hydrogens (primary N) is 1. The van der Waals surface area contributed by atoms with Crippen LogP contribution in [0.25, 0.3) is 0 Å². The number of rotatable bonds is 9. The normalized spacial score (nSPS) is 10.2. The first-order chi connectivity index (χ1) is 6.27. The summed E-state index contributed by atoms with van der Waals surface area (Å²) in [5.74, 6) is -0.931. The van der Waals surface area contributed by atoms with Crippen molar-refractivity contribution in [3.8, 4) is 0 Å². The summed E-state index contributed by atoms with van der Waals surface area (Å²) < 4.78 is 0. The molecule has 2 N–H and O–H groups in total. The van der Waals surface area contributed by atoms with Gasteiger partial charge in [0.15, 0.2) is 0 Å². The van der Waals surface area contributed by atoms with Crippen molar-refractivity contribution in [2.45, 2.75) is 45.4 Å². The average Bonchev–Trinajstić information content (AvgIpc) is 2.09. The van der Waals surface area contributed by atoms with E-state index >= 15 is 0 Å². The van der Waals surface area contributed by atoms with Crippen LogP contribution in [-0.2, 0) is 4.79 Å². The molecule has 0 aromatic carbocycles. The number of unbranched alkanes of at least 4 members (excludes halogenated alkanes) is 3. The molecule has 0 heterocycles. The maximum absolute atomic E-state index is 10.0. The molecule has 0 aliphatic heterocycles. The minimum atomic E-state index is -0.931. The molecule has 0 amide bonds. The van der Waals surface area contributed by atoms with Crippen LogP contribution in [0.15, 0.2) is 0 Å². The summed E-state index contributed by atoms with van der Waals surface area (Å²) in [4.78, 5) is 10.0. The number of carbonyl (C=O) groups excluding carboxylic acids is 1. The molecule has 0 aliphatic rings. The van der Waals surface area contributed by atoms with Crippen molar-refractivity contribution < 1.29 is 15.2 Å². The number of quaternary nitrogens is 1. The van der Waals surface area contributed by atoms with Crippen LogP contribution in [0, 0.1) is 0 Å². The van der Waals surface area contributed by atoms with Gasteiger partial charge in [-0.1, -0.05) is 19.8 Å². The Kier molecular flexibility index (Phi) is 9.10. The van der Waals surface area contributed by atoms with Crippen molar-refractivity contribution in [2.24, 2.45) is 0 Å². The summed E-state index contributed by atoms with van der Waals surface area (Å²) in [5, 5.41) is 12.2. The number of carboxylic acid groups (broad SMARTS) is 1. The number of hydrogen-bond acceptors (Lipinski definition) is 2. The van der Waals surface area contributed by atoms with E-state index in [0.29, 0.717) is 0 Å². The highest BCUT2D eigenvalue weighted by Gasteiger charge is 1.92. The van der Waals surface area contributed by atoms with E-state index in [-0.39, 0.29) is 6.42 Å². The first-order valence-electron chi connectivity index (χ1n) is 5.29. The van der Waals surface area contributed by atoms with Crippen LogP contribution >= 0.6 is 0 Å². The zero-order valence-corrected chi connectivity index (χ0v) is 8.55. The van der Waals surface area contributed by atoms with Crippen LogP contribution in [0.4, 0.5) is 0 Å². The fourth-order valence-electron chi connectivity index (χ4n) is 1.25. The zero-order valence-electron chi connectivity index (χ0n) is 8.55. The maximum atomic E-state index is 10.0. The van der Waals surface area contributed by atoms with Crippen molar-refractivity contribution in [1.82, 2.24) is 0 Å². The Balaban J connectivity index is 2.87. The van der Waals surface area contributed by atoms with Crippen LogP contribution in [-0.4, -0.2) is 19.1 Å². The molecule has 3 nitrogen and oxygen atoms in total. The molecular formula is C10H21NO2. The second-order valence-electron chi connectivity index (χ2n) is 3.40. The predicted molar refractivity (Wildman–Crippen MR) is 50.0 cm³/mol. The monoisotopic (exact) mass is 187 g/mol. The lowest BCUT2D eigenvalue weighted by Gasteiger charge is -2.02. The van der Waals surface area contributed by atoms with Crippen LogP contribution < -0.4 is 10.4 Å². The first kappa shape index (κ1) is 12.4. The molecule has 0 bridgehead atoms. The number of hydrogen-bond donors (Lipinski definition) is 1. The topological polar surface area (TPSA) is 56.7 Å². The third-order valence-electron chi connectivity index (χ3n) is 2.05. The van der Waals surface area contributed by atoms with Gasteiger partial charge in [0, 0.05) is 12.4 Å². The van der Waals surface area contributed by atoms with Gasteiger partial charge < -0.3 is 15.2 Å². The van der Waals surface area contributed by atoms with Crippen LogP contribution in [0.3, 0.4) is 0 Å². The van der Waals surface area contributed by atoms with Gasteiger partial charge in [-0.05, 0) is 19.3 Å². The van der Waals surface area contributed by atoms with E-state index in [1.807, 2.05) is 0 Å². The third kappa shape index (κ3) is 11.4. The molecule has 0 spiro atoms. The van der Waals surface area contributed by atoms with Gasteiger partial charge in [0.05, 0.1) is 13.1 Å². The largest absolute Gasteiger partial charge is 0.550 e. The molecule has 0 rings (SSSR count). The first-order valence-corrected chi connectivity index (χ1v) is 5.29. The summed E-state index contributed by atoms with van der Waals surface area (Å²) in [6, 6.07) is 0. The third-order valence-corrected chi connectivity index (χ3v) is 2.05. The molecule has 0 radical (unpaired) electrons. The van der Waals surface area contributed by atoms with E-state index in [9.17, 15) is 9.90 Å². The number of aliphatic carboxylic acids is 1. The summed E-state index contributed by atoms with van der Waals surface area (Å²) in [5.41, 5.74) is 0. The highest BCUT2D eigenvalue weighted by Crippen LogP contribution is 1.95. The maximum Gasteiger partial charge on any atom is 0.0758 e. The average molecular weight is 187 g/mol. The van der Waals surface area contributed by atoms with Gasteiger partial charge in [-0.3, -0.25) is 0 Å². The minimum absolute atomic E-state index is 0.200. The molecule has 0 unspecified atom stereocenters. The number of carbonyl (C=O) groups is 1. The SMILES string of the molecule is CCCCCC[NH2+]CCCC(=O)[O-]. The van der Waals surface area contributed by atoms with Gasteiger partial charge in [-0.25, -0.2) is 0 Å². The lowest BCUT2D eigenvalue weighted by atomic mass is 10.2. The molecule has 0 saturated heterocycles. The van der Waals surface area contributed by atoms with Crippen molar-refractivity contribution in [3.63, 3.8) is 0 Å². The Morgan fingerprint density at radius 2 is 1.85 bits per heavy atom. The van der Waals surface area contributed by atoms with Crippen molar-refractivity contribution in [1.29, 1.82) is 0 Å². The Bertz CT molecular complexity index is 126. The molecular weight excluding hydrogens is 166 g/mol. The summed E-state index contributed by atoms with van der Waals surface area (Å²) in [7, 11) is 0. The Morgan fingerprint density at radius 3 is 2.46 bits per heavy atom. The lowest BCUT2D eigenvalue weighted by Crippen LogP contribution is -2.84. The standard InChI is InChI=1S/C10H21NO2/c1-2-3-4-5-8-11-9-6-7-10(12)13/h11H,2-9H2,1H3,(H,12,13). The van der Waals surface area contributed by atoms with E-state index in [2.05, 4.69) is 12.2 Å². The van der Waals surface area contributed by atoms with Gasteiger partial charge in [0.1, 0.15) is 0 Å². The van der Waals surface area contributed by atoms with E-state index in [0.717, 1.165) is 19.5 Å². The fraction of sp³-hybridized carbons (Fsp3) is 0.900. The van der Waals surface area contributed by atoms with Gasteiger partial charge in [0.25, 0.3) is 0 Å². The molecule has 0 aromatic rings. The van der Waals surface area contributed by atoms with Crippen molar-refractivity contribution in [2.75, 3.05) is 13.1 Å². The van der Waals surface area contributed by atoms with Crippen molar-refractivity contribution >= 4 is 5.97 Å². The van der Waals surface area contributed by atoms with E-state index in [4.69, 9.17) is 0 Å². The molecule has 0 saturated carbocycles. The lowest BCUT2D eigenvalue weighted by molar-refractivity contribution is -0.655. The molecule has 0 aromatic heterocycles. The van der Waals surface area contributed by atoms with Gasteiger partial charge in [-0.15, -0.1) is 0 Å². The molecule has 0 atom stereocenters. The van der Waals surface area contributed by atoms with Gasteiger partial charge >= 0.3 is 0 Å². The Labute approximate surface area is 80.5 Å². The summed E-state index contributed by atoms with van der Waals surface area (Å²) in [6.07, 6.45) is 6.06. The van der Waals surface area contributed by atoms with Crippen LogP contribution in [0.1, 0.15) is 45.4 Å². The predicted octanol–water partition coefficient (Wildman–Crippen LogP) is -0.340. The molecule has 0 fully saturated rings. The van der Waals surface area contributed by atoms with Crippen molar-refractivity contribution in [3.05, 3.63) is 0 Å². The van der Waals surface area contributed by atoms with E-state index in [1.165, 1.54) is 25.7 Å². The minimum Gasteiger partial charge on any atom is -0.550 e. The second kappa shape index (κ2) is 9.52. The number of carboxylic acids is 1. The summed E-state index contributed by atoms with van der Waals surface area (Å²) in [6.45, 7) is 4.25. The highest BCUT2D eigenvalue weighted by atomic mass is 16.4. The van der Waals surface area contributed by atoms with Gasteiger partial charge in [-0.2, -0.15) is 0 Å². The van der Waals surface area contributed by atoms with E-state index in [1.54, 1.807) is 0 Å². The highest BCUT2D eigenvalue weighted by molar-refractivity contribution is 5.64. The molecule has 0 aliphatic carbocycles. The zero-order chi connectivity index (χ0) is 9.94. The van der Waals surface area contributed by atoms with Crippen LogP contribution in [0.5, 0.6) is 0 Å². The fourth-order valence-corrected chi connectivity index (χ4v) is 1.25. The quantitative estimate of drug-likeness (QED) is 0.502.